The third-order valence-corrected chi connectivity index (χ3v) is 6.02. The number of rotatable bonds is 6. The fraction of sp³-hybridized carbons (Fsp3) is 0.308. The lowest BCUT2D eigenvalue weighted by Gasteiger charge is -2.43. The first-order chi connectivity index (χ1) is 16.2. The Bertz CT molecular complexity index is 1250. The number of nitrogens with zero attached hydrogens (tertiary/aromatic N) is 3. The van der Waals surface area contributed by atoms with E-state index in [0.717, 1.165) is 16.7 Å². The van der Waals surface area contributed by atoms with Crippen LogP contribution in [0.2, 0.25) is 0 Å². The predicted molar refractivity (Wildman–Crippen MR) is 128 cm³/mol. The van der Waals surface area contributed by atoms with Gasteiger partial charge in [-0.1, -0.05) is 48.0 Å². The Hall–Kier alpha value is -3.94. The van der Waals surface area contributed by atoms with Gasteiger partial charge in [0.25, 0.3) is 5.91 Å². The van der Waals surface area contributed by atoms with Crippen molar-refractivity contribution in [2.45, 2.75) is 46.3 Å². The average molecular weight is 461 g/mol. The van der Waals surface area contributed by atoms with Crippen molar-refractivity contribution < 1.29 is 19.1 Å². The minimum absolute atomic E-state index is 0.0414. The fourth-order valence-electron chi connectivity index (χ4n) is 4.29. The van der Waals surface area contributed by atoms with Gasteiger partial charge in [0.15, 0.2) is 5.69 Å². The molecule has 1 atom stereocenters. The molecule has 0 fully saturated rings. The SMILES string of the molecule is CCOC(=O)c1cc2n(n1)CC(C)(C(=O)NCc1ccccc1)N(c1ccc(C)cc1C)C2=O. The summed E-state index contributed by atoms with van der Waals surface area (Å²) in [6.07, 6.45) is 0. The summed E-state index contributed by atoms with van der Waals surface area (Å²) in [6.45, 7) is 7.91. The molecule has 8 heteroatoms. The van der Waals surface area contributed by atoms with Crippen molar-refractivity contribution in [1.29, 1.82) is 0 Å². The van der Waals surface area contributed by atoms with Gasteiger partial charge in [-0.15, -0.1) is 0 Å². The van der Waals surface area contributed by atoms with Gasteiger partial charge >= 0.3 is 5.97 Å². The highest BCUT2D eigenvalue weighted by Gasteiger charge is 2.49. The summed E-state index contributed by atoms with van der Waals surface area (Å²) in [5.74, 6) is -1.33. The zero-order valence-corrected chi connectivity index (χ0v) is 19.8. The number of amides is 2. The van der Waals surface area contributed by atoms with Gasteiger partial charge < -0.3 is 10.1 Å². The first-order valence-electron chi connectivity index (χ1n) is 11.2. The first kappa shape index (κ1) is 23.2. The molecule has 34 heavy (non-hydrogen) atoms. The van der Waals surface area contributed by atoms with E-state index in [2.05, 4.69) is 10.4 Å². The quantitative estimate of drug-likeness (QED) is 0.569. The number of hydrogen-bond acceptors (Lipinski definition) is 5. The molecule has 0 saturated carbocycles. The summed E-state index contributed by atoms with van der Waals surface area (Å²) < 4.78 is 6.48. The molecule has 1 N–H and O–H groups in total. The Morgan fingerprint density at radius 3 is 2.53 bits per heavy atom. The fourth-order valence-corrected chi connectivity index (χ4v) is 4.29. The molecule has 0 saturated heterocycles. The van der Waals surface area contributed by atoms with Gasteiger partial charge in [-0.3, -0.25) is 19.2 Å². The van der Waals surface area contributed by atoms with Crippen LogP contribution in [0.4, 0.5) is 5.69 Å². The summed E-state index contributed by atoms with van der Waals surface area (Å²) in [4.78, 5) is 41.2. The predicted octanol–water partition coefficient (Wildman–Crippen LogP) is 3.41. The van der Waals surface area contributed by atoms with Crippen LogP contribution in [0.3, 0.4) is 0 Å². The molecule has 1 aromatic heterocycles. The highest BCUT2D eigenvalue weighted by Crippen LogP contribution is 2.35. The Kier molecular flexibility index (Phi) is 6.24. The molecule has 1 unspecified atom stereocenters. The van der Waals surface area contributed by atoms with Gasteiger partial charge in [-0.2, -0.15) is 5.10 Å². The maximum absolute atomic E-state index is 13.8. The second-order valence-electron chi connectivity index (χ2n) is 8.67. The van der Waals surface area contributed by atoms with Crippen molar-refractivity contribution in [3.63, 3.8) is 0 Å². The van der Waals surface area contributed by atoms with Crippen molar-refractivity contribution in [3.8, 4) is 0 Å². The number of carbonyl (C=O) groups is 3. The summed E-state index contributed by atoms with van der Waals surface area (Å²) in [7, 11) is 0. The van der Waals surface area contributed by atoms with Crippen molar-refractivity contribution in [2.24, 2.45) is 0 Å². The third kappa shape index (κ3) is 4.19. The molecule has 176 valence electrons. The maximum atomic E-state index is 13.8. The molecule has 2 aromatic carbocycles. The van der Waals surface area contributed by atoms with E-state index >= 15 is 0 Å². The molecule has 4 rings (SSSR count). The van der Waals surface area contributed by atoms with Crippen LogP contribution >= 0.6 is 0 Å². The molecule has 8 nitrogen and oxygen atoms in total. The number of nitrogens with one attached hydrogen (secondary N) is 1. The summed E-state index contributed by atoms with van der Waals surface area (Å²) in [6, 6.07) is 16.7. The largest absolute Gasteiger partial charge is 0.461 e. The monoisotopic (exact) mass is 460 g/mol. The molecule has 0 bridgehead atoms. The number of ether oxygens (including phenoxy) is 1. The number of anilines is 1. The van der Waals surface area contributed by atoms with Crippen LogP contribution in [0.5, 0.6) is 0 Å². The summed E-state index contributed by atoms with van der Waals surface area (Å²) in [5.41, 5.74) is 2.50. The first-order valence-corrected chi connectivity index (χ1v) is 11.2. The highest BCUT2D eigenvalue weighted by atomic mass is 16.5. The molecule has 3 aromatic rings. The van der Waals surface area contributed by atoms with E-state index < -0.39 is 17.4 Å². The lowest BCUT2D eigenvalue weighted by Crippen LogP contribution is -2.64. The van der Waals surface area contributed by atoms with Crippen LogP contribution < -0.4 is 10.2 Å². The third-order valence-electron chi connectivity index (χ3n) is 6.02. The van der Waals surface area contributed by atoms with Gasteiger partial charge in [-0.05, 0) is 44.9 Å². The zero-order valence-electron chi connectivity index (χ0n) is 19.8. The Labute approximate surface area is 198 Å². The lowest BCUT2D eigenvalue weighted by molar-refractivity contribution is -0.126. The highest BCUT2D eigenvalue weighted by molar-refractivity contribution is 6.12. The van der Waals surface area contributed by atoms with E-state index in [1.165, 1.54) is 15.6 Å². The number of aromatic nitrogens is 2. The Morgan fingerprint density at radius 1 is 1.12 bits per heavy atom. The molecule has 2 amide bonds. The molecular weight excluding hydrogens is 432 g/mol. The second kappa shape index (κ2) is 9.13. The van der Waals surface area contributed by atoms with Crippen molar-refractivity contribution in [2.75, 3.05) is 11.5 Å². The molecule has 1 aliphatic heterocycles. The van der Waals surface area contributed by atoms with Crippen molar-refractivity contribution in [3.05, 3.63) is 82.7 Å². The molecule has 2 heterocycles. The van der Waals surface area contributed by atoms with Crippen molar-refractivity contribution in [1.82, 2.24) is 15.1 Å². The molecule has 1 aliphatic rings. The number of carbonyl (C=O) groups excluding carboxylic acids is 3. The van der Waals surface area contributed by atoms with E-state index in [0.29, 0.717) is 12.2 Å². The number of fused-ring (bicyclic) bond motifs is 1. The second-order valence-corrected chi connectivity index (χ2v) is 8.67. The van der Waals surface area contributed by atoms with E-state index in [1.807, 2.05) is 62.4 Å². The average Bonchev–Trinajstić information content (AvgIpc) is 3.24. The van der Waals surface area contributed by atoms with E-state index in [-0.39, 0.29) is 30.4 Å². The van der Waals surface area contributed by atoms with Gasteiger partial charge in [-0.25, -0.2) is 4.79 Å². The number of benzene rings is 2. The maximum Gasteiger partial charge on any atom is 0.358 e. The van der Waals surface area contributed by atoms with Crippen LogP contribution in [0.25, 0.3) is 0 Å². The summed E-state index contributed by atoms with van der Waals surface area (Å²) in [5, 5.41) is 7.27. The number of aryl methyl sites for hydroxylation is 2. The molecule has 0 aliphatic carbocycles. The summed E-state index contributed by atoms with van der Waals surface area (Å²) >= 11 is 0. The zero-order chi connectivity index (χ0) is 24.5. The Morgan fingerprint density at radius 2 is 1.85 bits per heavy atom. The van der Waals surface area contributed by atoms with E-state index in [1.54, 1.807) is 13.8 Å². The normalized spacial score (nSPS) is 17.3. The van der Waals surface area contributed by atoms with Crippen LogP contribution in [0, 0.1) is 13.8 Å². The van der Waals surface area contributed by atoms with Gasteiger partial charge in [0.05, 0.1) is 13.2 Å². The number of hydrogen-bond donors (Lipinski definition) is 1. The minimum atomic E-state index is -1.28. The molecule has 0 radical (unpaired) electrons. The molecule has 0 spiro atoms. The standard InChI is InChI=1S/C26H28N4O4/c1-5-34-24(32)20-14-22-23(31)30(21-12-11-17(2)13-18(21)3)26(4,16-29(22)28-20)25(33)27-15-19-9-7-6-8-10-19/h6-14H,5,15-16H2,1-4H3,(H,27,33). The molecular formula is C26H28N4O4. The van der Waals surface area contributed by atoms with Crippen LogP contribution in [0.1, 0.15) is 51.5 Å². The smallest absolute Gasteiger partial charge is 0.358 e. The van der Waals surface area contributed by atoms with Crippen LogP contribution in [0.15, 0.2) is 54.6 Å². The van der Waals surface area contributed by atoms with Gasteiger partial charge in [0.2, 0.25) is 5.91 Å². The van der Waals surface area contributed by atoms with Crippen molar-refractivity contribution >= 4 is 23.5 Å². The van der Waals surface area contributed by atoms with E-state index in [9.17, 15) is 14.4 Å². The van der Waals surface area contributed by atoms with Crippen LogP contribution in [-0.2, 0) is 22.6 Å². The Balaban J connectivity index is 1.76. The number of esters is 1. The van der Waals surface area contributed by atoms with Gasteiger partial charge in [0.1, 0.15) is 11.2 Å². The van der Waals surface area contributed by atoms with Gasteiger partial charge in [0, 0.05) is 18.3 Å². The lowest BCUT2D eigenvalue weighted by atomic mass is 9.92. The minimum Gasteiger partial charge on any atom is -0.461 e. The topological polar surface area (TPSA) is 93.5 Å². The van der Waals surface area contributed by atoms with Crippen LogP contribution in [-0.4, -0.2) is 39.7 Å². The van der Waals surface area contributed by atoms with E-state index in [4.69, 9.17) is 4.74 Å².